The van der Waals surface area contributed by atoms with E-state index in [-0.39, 0.29) is 37.6 Å². The summed E-state index contributed by atoms with van der Waals surface area (Å²) < 4.78 is 10.9. The molecular formula is C19H22N2O4S. The molecule has 0 N–H and O–H groups in total. The van der Waals surface area contributed by atoms with E-state index in [2.05, 4.69) is 11.1 Å². The first kappa shape index (κ1) is 19.9. The zero-order chi connectivity index (χ0) is 19.0. The van der Waals surface area contributed by atoms with Gasteiger partial charge in [-0.15, -0.1) is 11.3 Å². The zero-order valence-electron chi connectivity index (χ0n) is 15.0. The number of aromatic nitrogens is 1. The highest BCUT2D eigenvalue weighted by atomic mass is 32.1. The number of hydrogen-bond donors (Lipinski definition) is 0. The Kier molecular flexibility index (Phi) is 7.10. The molecule has 0 amide bonds. The van der Waals surface area contributed by atoms with Gasteiger partial charge in [-0.2, -0.15) is 5.26 Å². The van der Waals surface area contributed by atoms with Gasteiger partial charge >= 0.3 is 11.9 Å². The van der Waals surface area contributed by atoms with Crippen LogP contribution in [-0.2, 0) is 24.5 Å². The largest absolute Gasteiger partial charge is 0.466 e. The quantitative estimate of drug-likeness (QED) is 0.621. The number of carbonyl (C=O) groups is 2. The van der Waals surface area contributed by atoms with E-state index in [1.807, 2.05) is 24.3 Å². The van der Waals surface area contributed by atoms with Crippen LogP contribution in [0.1, 0.15) is 44.5 Å². The summed E-state index contributed by atoms with van der Waals surface area (Å²) in [5.41, 5.74) is -0.220. The lowest BCUT2D eigenvalue weighted by Gasteiger charge is -2.23. The molecule has 2 rings (SSSR count). The second kappa shape index (κ2) is 9.30. The maximum absolute atomic E-state index is 11.8. The maximum Gasteiger partial charge on any atom is 0.305 e. The minimum absolute atomic E-state index is 0.0974. The molecule has 138 valence electrons. The van der Waals surface area contributed by atoms with E-state index in [1.165, 1.54) is 11.3 Å². The van der Waals surface area contributed by atoms with Crippen molar-refractivity contribution in [1.82, 2.24) is 4.98 Å². The molecule has 0 aliphatic heterocycles. The third-order valence-electron chi connectivity index (χ3n) is 4.04. The molecule has 6 nitrogen and oxygen atoms in total. The van der Waals surface area contributed by atoms with E-state index in [9.17, 15) is 14.9 Å². The van der Waals surface area contributed by atoms with Crippen LogP contribution < -0.4 is 0 Å². The topological polar surface area (TPSA) is 89.3 Å². The Morgan fingerprint density at radius 3 is 2.19 bits per heavy atom. The van der Waals surface area contributed by atoms with E-state index in [1.54, 1.807) is 13.8 Å². The van der Waals surface area contributed by atoms with Crippen LogP contribution >= 0.6 is 11.3 Å². The van der Waals surface area contributed by atoms with Gasteiger partial charge in [0.1, 0.15) is 10.4 Å². The summed E-state index contributed by atoms with van der Waals surface area (Å²) in [6, 6.07) is 9.94. The summed E-state index contributed by atoms with van der Waals surface area (Å²) in [5, 5.41) is 10.6. The molecule has 7 heteroatoms. The van der Waals surface area contributed by atoms with Crippen molar-refractivity contribution in [2.75, 3.05) is 13.2 Å². The van der Waals surface area contributed by atoms with Crippen LogP contribution in [0.5, 0.6) is 0 Å². The number of fused-ring (bicyclic) bond motifs is 1. The van der Waals surface area contributed by atoms with Gasteiger partial charge in [-0.3, -0.25) is 9.59 Å². The van der Waals surface area contributed by atoms with Crippen molar-refractivity contribution in [3.63, 3.8) is 0 Å². The first-order chi connectivity index (χ1) is 12.5. The summed E-state index contributed by atoms with van der Waals surface area (Å²) in [6.45, 7) is 4.07. The Morgan fingerprint density at radius 2 is 1.69 bits per heavy atom. The molecule has 0 saturated heterocycles. The second-order valence-electron chi connectivity index (χ2n) is 5.79. The highest BCUT2D eigenvalue weighted by Crippen LogP contribution is 2.38. The Hall–Kier alpha value is -2.46. The van der Waals surface area contributed by atoms with Gasteiger partial charge in [0.15, 0.2) is 0 Å². The van der Waals surface area contributed by atoms with Crippen molar-refractivity contribution in [1.29, 1.82) is 5.26 Å². The van der Waals surface area contributed by atoms with E-state index >= 15 is 0 Å². The van der Waals surface area contributed by atoms with Crippen LogP contribution in [0.25, 0.3) is 10.2 Å². The first-order valence-corrected chi connectivity index (χ1v) is 9.45. The third kappa shape index (κ3) is 4.79. The van der Waals surface area contributed by atoms with Gasteiger partial charge in [0, 0.05) is 12.8 Å². The average Bonchev–Trinajstić information content (AvgIpc) is 3.07. The molecule has 26 heavy (non-hydrogen) atoms. The number of rotatable bonds is 9. The predicted octanol–water partition coefficient (Wildman–Crippen LogP) is 3.74. The zero-order valence-corrected chi connectivity index (χ0v) is 15.8. The normalized spacial score (nSPS) is 11.1. The summed E-state index contributed by atoms with van der Waals surface area (Å²) in [5.74, 6) is -0.714. The molecule has 0 aliphatic rings. The Balaban J connectivity index is 2.30. The minimum Gasteiger partial charge on any atom is -0.466 e. The molecule has 0 spiro atoms. The van der Waals surface area contributed by atoms with Gasteiger partial charge in [-0.25, -0.2) is 4.98 Å². The minimum atomic E-state index is -1.02. The lowest BCUT2D eigenvalue weighted by atomic mass is 9.81. The lowest BCUT2D eigenvalue weighted by molar-refractivity contribution is -0.143. The number of carbonyl (C=O) groups excluding carboxylic acids is 2. The van der Waals surface area contributed by atoms with Crippen LogP contribution in [-0.4, -0.2) is 30.1 Å². The van der Waals surface area contributed by atoms with Crippen molar-refractivity contribution in [2.45, 2.75) is 44.9 Å². The summed E-state index contributed by atoms with van der Waals surface area (Å²) in [6.07, 6.45) is 0.698. The molecule has 0 aliphatic carbocycles. The van der Waals surface area contributed by atoms with Gasteiger partial charge in [0.2, 0.25) is 0 Å². The molecule has 0 radical (unpaired) electrons. The maximum atomic E-state index is 11.8. The molecule has 0 fully saturated rings. The van der Waals surface area contributed by atoms with Crippen molar-refractivity contribution < 1.29 is 19.1 Å². The van der Waals surface area contributed by atoms with Crippen LogP contribution in [0.2, 0.25) is 0 Å². The third-order valence-corrected chi connectivity index (χ3v) is 5.28. The average molecular weight is 374 g/mol. The molecule has 1 heterocycles. The fraction of sp³-hybridized carbons (Fsp3) is 0.474. The van der Waals surface area contributed by atoms with Crippen LogP contribution in [0.15, 0.2) is 24.3 Å². The fourth-order valence-corrected chi connectivity index (χ4v) is 3.83. The fourth-order valence-electron chi connectivity index (χ4n) is 2.67. The van der Waals surface area contributed by atoms with Crippen molar-refractivity contribution in [2.24, 2.45) is 0 Å². The summed E-state index contributed by atoms with van der Waals surface area (Å²) >= 11 is 1.42. The van der Waals surface area contributed by atoms with Gasteiger partial charge in [0.05, 0.1) is 29.5 Å². The molecule has 1 aromatic carbocycles. The van der Waals surface area contributed by atoms with E-state index in [4.69, 9.17) is 9.47 Å². The summed E-state index contributed by atoms with van der Waals surface area (Å²) in [7, 11) is 0. The van der Waals surface area contributed by atoms with Gasteiger partial charge in [-0.1, -0.05) is 12.1 Å². The number of para-hydroxylation sites is 1. The molecule has 2 aromatic rings. The SMILES string of the molecule is CCOC(=O)CCC(C#N)(CCC(=O)OCC)c1nc2ccccc2s1. The molecular weight excluding hydrogens is 352 g/mol. The molecule has 0 saturated carbocycles. The van der Waals surface area contributed by atoms with Gasteiger partial charge < -0.3 is 9.47 Å². The van der Waals surface area contributed by atoms with E-state index in [0.717, 1.165) is 10.2 Å². The number of thiazole rings is 1. The molecule has 1 aromatic heterocycles. The Bertz CT molecular complexity index is 754. The van der Waals surface area contributed by atoms with Crippen LogP contribution in [0.3, 0.4) is 0 Å². The van der Waals surface area contributed by atoms with E-state index < -0.39 is 5.41 Å². The Labute approximate surface area is 156 Å². The van der Waals surface area contributed by atoms with Gasteiger partial charge in [0.25, 0.3) is 0 Å². The Morgan fingerprint density at radius 1 is 1.12 bits per heavy atom. The summed E-state index contributed by atoms with van der Waals surface area (Å²) in [4.78, 5) is 28.2. The number of esters is 2. The smallest absolute Gasteiger partial charge is 0.305 e. The van der Waals surface area contributed by atoms with Crippen LogP contribution in [0.4, 0.5) is 0 Å². The lowest BCUT2D eigenvalue weighted by Crippen LogP contribution is -2.27. The number of nitriles is 1. The number of ether oxygens (including phenoxy) is 2. The van der Waals surface area contributed by atoms with Gasteiger partial charge in [-0.05, 0) is 38.8 Å². The number of nitrogens with zero attached hydrogens (tertiary/aromatic N) is 2. The molecule has 0 unspecified atom stereocenters. The molecule has 0 bridgehead atoms. The standard InChI is InChI=1S/C19H22N2O4S/c1-3-24-16(22)9-11-19(13-20,12-10-17(23)25-4-2)18-21-14-7-5-6-8-15(14)26-18/h5-8H,3-4,9-12H2,1-2H3. The van der Waals surface area contributed by atoms with E-state index in [0.29, 0.717) is 18.2 Å². The van der Waals surface area contributed by atoms with Crippen molar-refractivity contribution in [3.05, 3.63) is 29.3 Å². The number of benzene rings is 1. The number of hydrogen-bond acceptors (Lipinski definition) is 7. The van der Waals surface area contributed by atoms with Crippen LogP contribution in [0, 0.1) is 11.3 Å². The highest BCUT2D eigenvalue weighted by molar-refractivity contribution is 7.18. The predicted molar refractivity (Wildman–Crippen MR) is 98.6 cm³/mol. The monoisotopic (exact) mass is 374 g/mol. The van der Waals surface area contributed by atoms with Crippen molar-refractivity contribution >= 4 is 33.5 Å². The second-order valence-corrected chi connectivity index (χ2v) is 6.82. The van der Waals surface area contributed by atoms with Crippen molar-refractivity contribution in [3.8, 4) is 6.07 Å². The molecule has 0 atom stereocenters. The first-order valence-electron chi connectivity index (χ1n) is 8.63. The highest BCUT2D eigenvalue weighted by Gasteiger charge is 2.37.